The highest BCUT2D eigenvalue weighted by Crippen LogP contribution is 2.22. The Balaban J connectivity index is 1.65. The van der Waals surface area contributed by atoms with Crippen LogP contribution in [-0.2, 0) is 13.6 Å². The summed E-state index contributed by atoms with van der Waals surface area (Å²) in [5.41, 5.74) is 2.57. The van der Waals surface area contributed by atoms with Crippen molar-refractivity contribution in [2.24, 2.45) is 7.05 Å². The summed E-state index contributed by atoms with van der Waals surface area (Å²) in [5.74, 6) is 1.82. The molecule has 5 nitrogen and oxygen atoms in total. The molecule has 0 fully saturated rings. The Kier molecular flexibility index (Phi) is 5.60. The molecule has 1 amide bonds. The summed E-state index contributed by atoms with van der Waals surface area (Å²) in [5, 5.41) is 4.42. The maximum atomic E-state index is 12.8. The number of nitrogens with zero attached hydrogens (tertiary/aromatic N) is 3. The predicted molar refractivity (Wildman–Crippen MR) is 106 cm³/mol. The summed E-state index contributed by atoms with van der Waals surface area (Å²) in [4.78, 5) is 14.5. The van der Waals surface area contributed by atoms with E-state index in [1.54, 1.807) is 16.6 Å². The highest BCUT2D eigenvalue weighted by atomic mass is 16.5. The molecule has 0 saturated heterocycles. The number of aryl methyl sites for hydroxylation is 1. The van der Waals surface area contributed by atoms with Crippen LogP contribution in [0.15, 0.2) is 60.7 Å². The smallest absolute Gasteiger partial charge is 0.272 e. The van der Waals surface area contributed by atoms with Gasteiger partial charge in [0.2, 0.25) is 0 Å². The first-order valence-corrected chi connectivity index (χ1v) is 9.05. The van der Waals surface area contributed by atoms with E-state index in [0.717, 1.165) is 22.8 Å². The predicted octanol–water partition coefficient (Wildman–Crippen LogP) is 4.61. The van der Waals surface area contributed by atoms with Crippen molar-refractivity contribution in [3.63, 3.8) is 0 Å². The van der Waals surface area contributed by atoms with Crippen LogP contribution in [0, 0.1) is 0 Å². The number of ether oxygens (including phenoxy) is 1. The molecule has 5 heteroatoms. The fraction of sp³-hybridized carbons (Fsp3) is 0.273. The monoisotopic (exact) mass is 363 g/mol. The summed E-state index contributed by atoms with van der Waals surface area (Å²) in [6, 6.07) is 19.3. The first-order valence-electron chi connectivity index (χ1n) is 9.05. The Labute approximate surface area is 160 Å². The number of benzene rings is 2. The average Bonchev–Trinajstić information content (AvgIpc) is 3.05. The van der Waals surface area contributed by atoms with Crippen LogP contribution in [0.2, 0.25) is 0 Å². The van der Waals surface area contributed by atoms with Crippen molar-refractivity contribution in [2.45, 2.75) is 26.3 Å². The minimum Gasteiger partial charge on any atom is -0.457 e. The van der Waals surface area contributed by atoms with Crippen LogP contribution in [0.4, 0.5) is 0 Å². The minimum absolute atomic E-state index is 0.0403. The van der Waals surface area contributed by atoms with E-state index < -0.39 is 0 Å². The van der Waals surface area contributed by atoms with Crippen molar-refractivity contribution in [3.8, 4) is 11.5 Å². The number of carbonyl (C=O) groups excluding carboxylic acids is 1. The highest BCUT2D eigenvalue weighted by Gasteiger charge is 2.18. The van der Waals surface area contributed by atoms with Gasteiger partial charge in [-0.2, -0.15) is 5.10 Å². The molecule has 0 aliphatic heterocycles. The van der Waals surface area contributed by atoms with Crippen molar-refractivity contribution >= 4 is 5.91 Å². The topological polar surface area (TPSA) is 47.4 Å². The minimum atomic E-state index is -0.0403. The quantitative estimate of drug-likeness (QED) is 0.643. The van der Waals surface area contributed by atoms with Crippen molar-refractivity contribution in [3.05, 3.63) is 77.6 Å². The van der Waals surface area contributed by atoms with E-state index in [9.17, 15) is 4.79 Å². The Hall–Kier alpha value is -3.08. The lowest BCUT2D eigenvalue weighted by Crippen LogP contribution is -2.28. The van der Waals surface area contributed by atoms with Crippen molar-refractivity contribution < 1.29 is 9.53 Å². The van der Waals surface area contributed by atoms with Crippen molar-refractivity contribution in [1.29, 1.82) is 0 Å². The van der Waals surface area contributed by atoms with Gasteiger partial charge in [0.05, 0.1) is 5.69 Å². The number of aromatic nitrogens is 2. The average molecular weight is 363 g/mol. The molecule has 3 rings (SSSR count). The maximum absolute atomic E-state index is 12.8. The standard InChI is InChI=1S/C22H25N3O2/c1-16(2)20-14-21(25(4)23-20)22(26)24(3)15-17-10-12-19(13-11-17)27-18-8-6-5-7-9-18/h5-14,16H,15H2,1-4H3. The summed E-state index contributed by atoms with van der Waals surface area (Å²) >= 11 is 0. The maximum Gasteiger partial charge on any atom is 0.272 e. The zero-order chi connectivity index (χ0) is 19.4. The lowest BCUT2D eigenvalue weighted by atomic mass is 10.1. The molecule has 1 aromatic heterocycles. The van der Waals surface area contributed by atoms with Gasteiger partial charge in [-0.25, -0.2) is 0 Å². The molecule has 0 bridgehead atoms. The van der Waals surface area contributed by atoms with Gasteiger partial charge >= 0.3 is 0 Å². The van der Waals surface area contributed by atoms with E-state index in [-0.39, 0.29) is 5.91 Å². The second kappa shape index (κ2) is 8.08. The molecule has 140 valence electrons. The van der Waals surface area contributed by atoms with Crippen LogP contribution in [0.5, 0.6) is 11.5 Å². The fourth-order valence-electron chi connectivity index (χ4n) is 2.80. The third kappa shape index (κ3) is 4.56. The summed E-state index contributed by atoms with van der Waals surface area (Å²) in [7, 11) is 3.61. The second-order valence-corrected chi connectivity index (χ2v) is 6.95. The molecule has 27 heavy (non-hydrogen) atoms. The molecule has 1 heterocycles. The van der Waals surface area contributed by atoms with Gasteiger partial charge < -0.3 is 9.64 Å². The van der Waals surface area contributed by atoms with E-state index in [4.69, 9.17) is 4.74 Å². The molecule has 0 radical (unpaired) electrons. The van der Waals surface area contributed by atoms with E-state index in [1.807, 2.05) is 67.7 Å². The van der Waals surface area contributed by atoms with Gasteiger partial charge in [0.25, 0.3) is 5.91 Å². The lowest BCUT2D eigenvalue weighted by molar-refractivity contribution is 0.0774. The molecule has 0 unspecified atom stereocenters. The van der Waals surface area contributed by atoms with Crippen LogP contribution in [0.1, 0.15) is 41.5 Å². The molecular formula is C22H25N3O2. The van der Waals surface area contributed by atoms with Gasteiger partial charge in [0.15, 0.2) is 0 Å². The molecule has 0 atom stereocenters. The van der Waals surface area contributed by atoms with Crippen LogP contribution in [0.3, 0.4) is 0 Å². The molecule has 0 saturated carbocycles. The first kappa shape index (κ1) is 18.7. The molecule has 2 aromatic carbocycles. The molecule has 0 spiro atoms. The Morgan fingerprint density at radius 2 is 1.70 bits per heavy atom. The van der Waals surface area contributed by atoms with E-state index >= 15 is 0 Å². The van der Waals surface area contributed by atoms with Crippen LogP contribution in [-0.4, -0.2) is 27.6 Å². The first-order chi connectivity index (χ1) is 12.9. The van der Waals surface area contributed by atoms with Gasteiger partial charge in [-0.05, 0) is 41.8 Å². The molecule has 0 aliphatic rings. The van der Waals surface area contributed by atoms with Crippen LogP contribution >= 0.6 is 0 Å². The van der Waals surface area contributed by atoms with Gasteiger partial charge in [0.1, 0.15) is 17.2 Å². The third-order valence-electron chi connectivity index (χ3n) is 4.38. The number of rotatable bonds is 6. The van der Waals surface area contributed by atoms with E-state index in [2.05, 4.69) is 18.9 Å². The fourth-order valence-corrected chi connectivity index (χ4v) is 2.80. The lowest BCUT2D eigenvalue weighted by Gasteiger charge is -2.17. The Morgan fingerprint density at radius 1 is 1.07 bits per heavy atom. The van der Waals surface area contributed by atoms with E-state index in [1.165, 1.54) is 0 Å². The Bertz CT molecular complexity index is 899. The van der Waals surface area contributed by atoms with Gasteiger partial charge in [-0.15, -0.1) is 0 Å². The molecule has 3 aromatic rings. The number of amides is 1. The van der Waals surface area contributed by atoms with Crippen molar-refractivity contribution in [1.82, 2.24) is 14.7 Å². The van der Waals surface area contributed by atoms with Gasteiger partial charge in [-0.1, -0.05) is 44.2 Å². The number of hydrogen-bond acceptors (Lipinski definition) is 3. The summed E-state index contributed by atoms with van der Waals surface area (Å²) in [6.07, 6.45) is 0. The van der Waals surface area contributed by atoms with Crippen molar-refractivity contribution in [2.75, 3.05) is 7.05 Å². The van der Waals surface area contributed by atoms with Crippen LogP contribution < -0.4 is 4.74 Å². The second-order valence-electron chi connectivity index (χ2n) is 6.95. The van der Waals surface area contributed by atoms with Crippen LogP contribution in [0.25, 0.3) is 0 Å². The highest BCUT2D eigenvalue weighted by molar-refractivity contribution is 5.92. The summed E-state index contributed by atoms with van der Waals surface area (Å²) in [6.45, 7) is 4.66. The molecule has 0 N–H and O–H groups in total. The number of hydrogen-bond donors (Lipinski definition) is 0. The number of carbonyl (C=O) groups is 1. The zero-order valence-electron chi connectivity index (χ0n) is 16.2. The SMILES string of the molecule is CC(C)c1cc(C(=O)N(C)Cc2ccc(Oc3ccccc3)cc2)n(C)n1. The van der Waals surface area contributed by atoms with E-state index in [0.29, 0.717) is 18.2 Å². The normalized spacial score (nSPS) is 10.9. The van der Waals surface area contributed by atoms with Gasteiger partial charge in [-0.3, -0.25) is 9.48 Å². The molecular weight excluding hydrogens is 338 g/mol. The molecule has 0 aliphatic carbocycles. The zero-order valence-corrected chi connectivity index (χ0v) is 16.2. The van der Waals surface area contributed by atoms with Gasteiger partial charge in [0, 0.05) is 20.6 Å². The summed E-state index contributed by atoms with van der Waals surface area (Å²) < 4.78 is 7.46. The third-order valence-corrected chi connectivity index (χ3v) is 4.38. The number of para-hydroxylation sites is 1. The Morgan fingerprint density at radius 3 is 2.30 bits per heavy atom. The largest absolute Gasteiger partial charge is 0.457 e.